The van der Waals surface area contributed by atoms with Crippen LogP contribution in [0.15, 0.2) is 77.2 Å². The average Bonchev–Trinajstić information content (AvgIpc) is 3.06. The summed E-state index contributed by atoms with van der Waals surface area (Å²) in [6.07, 6.45) is -4.36. The van der Waals surface area contributed by atoms with Crippen LogP contribution >= 0.6 is 0 Å². The van der Waals surface area contributed by atoms with Crippen molar-refractivity contribution in [2.45, 2.75) is 6.18 Å². The fourth-order valence-electron chi connectivity index (χ4n) is 2.89. The molecule has 0 saturated heterocycles. The quantitative estimate of drug-likeness (QED) is 0.420. The molecule has 0 unspecified atom stereocenters. The fourth-order valence-corrected chi connectivity index (χ4v) is 5.06. The van der Waals surface area contributed by atoms with E-state index in [0.29, 0.717) is 11.3 Å². The summed E-state index contributed by atoms with van der Waals surface area (Å²) in [6.45, 7) is 0. The third-order valence-electron chi connectivity index (χ3n) is 4.30. The molecule has 0 bridgehead atoms. The summed E-state index contributed by atoms with van der Waals surface area (Å²) < 4.78 is 52.0. The zero-order valence-electron chi connectivity index (χ0n) is 14.8. The first-order valence-electron chi connectivity index (χ1n) is 8.47. The Hall–Kier alpha value is -2.69. The molecular formula is C22H15F3O2Se. The monoisotopic (exact) mass is 448 g/mol. The predicted molar refractivity (Wildman–Crippen MR) is 105 cm³/mol. The average molecular weight is 447 g/mol. The summed E-state index contributed by atoms with van der Waals surface area (Å²) in [5.41, 5.74) is 0.687. The maximum atomic E-state index is 12.9. The molecule has 4 rings (SSSR count). The number of halogens is 3. The Bertz CT molecular complexity index is 1100. The Morgan fingerprint density at radius 1 is 0.857 bits per heavy atom. The topological polar surface area (TPSA) is 22.4 Å². The van der Waals surface area contributed by atoms with E-state index < -0.39 is 11.7 Å². The number of hydrogen-bond acceptors (Lipinski definition) is 2. The van der Waals surface area contributed by atoms with E-state index >= 15 is 0 Å². The van der Waals surface area contributed by atoms with Gasteiger partial charge in [-0.2, -0.15) is 0 Å². The van der Waals surface area contributed by atoms with Crippen molar-refractivity contribution in [2.75, 3.05) is 7.11 Å². The SMILES string of the molecule is COc1ccc([Se]c2c(-c3ccc(C(F)(F)F)cc3)oc3ccccc23)cc1. The fraction of sp³-hybridized carbons (Fsp3) is 0.0909. The van der Waals surface area contributed by atoms with Crippen LogP contribution in [0.2, 0.25) is 0 Å². The van der Waals surface area contributed by atoms with E-state index in [1.807, 2.05) is 48.5 Å². The molecule has 28 heavy (non-hydrogen) atoms. The van der Waals surface area contributed by atoms with E-state index in [2.05, 4.69) is 0 Å². The Labute approximate surface area is 166 Å². The first-order valence-corrected chi connectivity index (χ1v) is 10.2. The van der Waals surface area contributed by atoms with Crippen molar-refractivity contribution in [3.05, 3.63) is 78.4 Å². The maximum absolute atomic E-state index is 12.9. The molecule has 142 valence electrons. The van der Waals surface area contributed by atoms with Gasteiger partial charge >= 0.3 is 166 Å². The second-order valence-electron chi connectivity index (χ2n) is 6.11. The molecule has 0 amide bonds. The molecule has 0 aliphatic heterocycles. The van der Waals surface area contributed by atoms with Crippen molar-refractivity contribution in [3.63, 3.8) is 0 Å². The van der Waals surface area contributed by atoms with Gasteiger partial charge in [-0.1, -0.05) is 0 Å². The van der Waals surface area contributed by atoms with Crippen LogP contribution in [0, 0.1) is 0 Å². The van der Waals surface area contributed by atoms with Gasteiger partial charge in [0.2, 0.25) is 0 Å². The predicted octanol–water partition coefficient (Wildman–Crippen LogP) is 4.78. The van der Waals surface area contributed by atoms with Crippen LogP contribution in [0.4, 0.5) is 13.2 Å². The van der Waals surface area contributed by atoms with Crippen LogP contribution in [0.1, 0.15) is 5.56 Å². The van der Waals surface area contributed by atoms with Gasteiger partial charge < -0.3 is 0 Å². The second kappa shape index (κ2) is 7.38. The van der Waals surface area contributed by atoms with E-state index in [1.54, 1.807) is 7.11 Å². The first kappa shape index (κ1) is 18.7. The summed E-state index contributed by atoms with van der Waals surface area (Å²) in [5.74, 6) is 1.39. The van der Waals surface area contributed by atoms with Crippen molar-refractivity contribution < 1.29 is 22.3 Å². The van der Waals surface area contributed by atoms with Crippen LogP contribution in [-0.4, -0.2) is 22.1 Å². The van der Waals surface area contributed by atoms with Gasteiger partial charge in [0.25, 0.3) is 0 Å². The van der Waals surface area contributed by atoms with Gasteiger partial charge in [0.15, 0.2) is 0 Å². The standard InChI is InChI=1S/C22H15F3O2Se/c1-26-16-10-12-17(13-11-16)28-21-18-4-2-3-5-19(18)27-20(21)14-6-8-15(9-7-14)22(23,24)25/h2-13H,1H3. The van der Waals surface area contributed by atoms with E-state index in [9.17, 15) is 13.2 Å². The van der Waals surface area contributed by atoms with Crippen molar-refractivity contribution in [1.29, 1.82) is 0 Å². The van der Waals surface area contributed by atoms with Gasteiger partial charge in [0.05, 0.1) is 0 Å². The molecule has 0 aliphatic rings. The number of benzene rings is 3. The van der Waals surface area contributed by atoms with E-state index in [4.69, 9.17) is 9.15 Å². The minimum absolute atomic E-state index is 0.0864. The molecule has 0 aliphatic carbocycles. The molecule has 2 nitrogen and oxygen atoms in total. The van der Waals surface area contributed by atoms with Gasteiger partial charge in [0, 0.05) is 0 Å². The number of furan rings is 1. The van der Waals surface area contributed by atoms with Gasteiger partial charge in [0.1, 0.15) is 0 Å². The van der Waals surface area contributed by atoms with E-state index in [-0.39, 0.29) is 15.0 Å². The number of rotatable bonds is 4. The molecular weight excluding hydrogens is 432 g/mol. The summed E-state index contributed by atoms with van der Waals surface area (Å²) >= 11 is -0.0864. The zero-order chi connectivity index (χ0) is 19.7. The normalized spacial score (nSPS) is 11.7. The van der Waals surface area contributed by atoms with Crippen LogP contribution < -0.4 is 13.7 Å². The second-order valence-corrected chi connectivity index (χ2v) is 8.38. The van der Waals surface area contributed by atoms with Crippen LogP contribution in [0.3, 0.4) is 0 Å². The van der Waals surface area contributed by atoms with Crippen LogP contribution in [0.25, 0.3) is 22.3 Å². The minimum atomic E-state index is -4.36. The zero-order valence-corrected chi connectivity index (χ0v) is 16.5. The molecule has 1 heterocycles. The molecule has 0 N–H and O–H groups in total. The number of para-hydroxylation sites is 1. The van der Waals surface area contributed by atoms with Crippen LogP contribution in [0.5, 0.6) is 5.75 Å². The summed E-state index contributed by atoms with van der Waals surface area (Å²) in [4.78, 5) is 0. The van der Waals surface area contributed by atoms with Gasteiger partial charge in [-0.3, -0.25) is 0 Å². The molecule has 1 aromatic heterocycles. The van der Waals surface area contributed by atoms with Gasteiger partial charge in [-0.05, 0) is 0 Å². The van der Waals surface area contributed by atoms with E-state index in [1.165, 1.54) is 12.1 Å². The Balaban J connectivity index is 1.78. The molecule has 4 aromatic rings. The third-order valence-corrected chi connectivity index (χ3v) is 6.65. The number of ether oxygens (including phenoxy) is 1. The summed E-state index contributed by atoms with van der Waals surface area (Å²) in [6, 6.07) is 20.6. The van der Waals surface area contributed by atoms with Crippen molar-refractivity contribution >= 4 is 34.8 Å². The van der Waals surface area contributed by atoms with Crippen molar-refractivity contribution in [1.82, 2.24) is 0 Å². The number of hydrogen-bond donors (Lipinski definition) is 0. The van der Waals surface area contributed by atoms with Crippen molar-refractivity contribution in [2.24, 2.45) is 0 Å². The van der Waals surface area contributed by atoms with Crippen molar-refractivity contribution in [3.8, 4) is 17.1 Å². The Morgan fingerprint density at radius 2 is 1.54 bits per heavy atom. The third kappa shape index (κ3) is 3.66. The molecule has 0 spiro atoms. The van der Waals surface area contributed by atoms with Crippen LogP contribution in [-0.2, 0) is 6.18 Å². The number of fused-ring (bicyclic) bond motifs is 1. The van der Waals surface area contributed by atoms with Gasteiger partial charge in [-0.15, -0.1) is 0 Å². The molecule has 0 atom stereocenters. The molecule has 6 heteroatoms. The Morgan fingerprint density at radius 3 is 2.18 bits per heavy atom. The molecule has 3 aromatic carbocycles. The van der Waals surface area contributed by atoms with E-state index in [0.717, 1.165) is 37.8 Å². The Kier molecular flexibility index (Phi) is 4.92. The summed E-state index contributed by atoms with van der Waals surface area (Å²) in [5, 5.41) is 0.980. The number of methoxy groups -OCH3 is 1. The summed E-state index contributed by atoms with van der Waals surface area (Å²) in [7, 11) is 1.62. The molecule has 0 fully saturated rings. The molecule has 0 saturated carbocycles. The molecule has 0 radical (unpaired) electrons. The number of alkyl halides is 3. The van der Waals surface area contributed by atoms with Gasteiger partial charge in [-0.25, -0.2) is 0 Å². The first-order chi connectivity index (χ1) is 13.5.